The maximum atomic E-state index is 10.3. The maximum Gasteiger partial charge on any atom is 0.319 e. The largest absolute Gasteiger partial charge is 0.507 e. The van der Waals surface area contributed by atoms with Gasteiger partial charge in [0.25, 0.3) is 0 Å². The van der Waals surface area contributed by atoms with Crippen LogP contribution in [-0.2, 0) is 0 Å². The second kappa shape index (κ2) is 8.92. The van der Waals surface area contributed by atoms with Crippen LogP contribution in [-0.4, -0.2) is 59.2 Å². The van der Waals surface area contributed by atoms with Gasteiger partial charge in [-0.2, -0.15) is 15.1 Å². The van der Waals surface area contributed by atoms with E-state index in [1.165, 1.54) is 0 Å². The molecule has 4 N–H and O–H groups in total. The number of benzene rings is 1. The number of nitrogens with two attached hydrogens (primary N) is 1. The van der Waals surface area contributed by atoms with E-state index in [0.29, 0.717) is 30.1 Å². The molecule has 0 aliphatic carbocycles. The van der Waals surface area contributed by atoms with Crippen LogP contribution < -0.4 is 20.8 Å². The summed E-state index contributed by atoms with van der Waals surface area (Å²) in [4.78, 5) is 11.2. The molecule has 27 heavy (non-hydrogen) atoms. The first-order valence-corrected chi connectivity index (χ1v) is 9.85. The van der Waals surface area contributed by atoms with Gasteiger partial charge in [-0.15, -0.1) is 11.8 Å². The third kappa shape index (κ3) is 4.61. The standard InChI is InChI=1S/C18H24N6O2S/c1-12-3-4-15(25)13(9-12)17(23-19)14-10-16(24-6-8-27-11-24)22-18(21-14)26-7-5-20-2/h3-4,9-10,20,25H,5-8,11,19H2,1-2H3. The van der Waals surface area contributed by atoms with E-state index >= 15 is 0 Å². The van der Waals surface area contributed by atoms with Crippen molar-refractivity contribution in [2.45, 2.75) is 6.92 Å². The summed E-state index contributed by atoms with van der Waals surface area (Å²) in [6.45, 7) is 3.97. The quantitative estimate of drug-likeness (QED) is 0.282. The van der Waals surface area contributed by atoms with Gasteiger partial charge in [-0.25, -0.2) is 0 Å². The minimum atomic E-state index is 0.0966. The fraction of sp³-hybridized carbons (Fsp3) is 0.389. The van der Waals surface area contributed by atoms with E-state index in [9.17, 15) is 5.11 Å². The minimum absolute atomic E-state index is 0.0966. The fourth-order valence-corrected chi connectivity index (χ4v) is 3.67. The van der Waals surface area contributed by atoms with Crippen LogP contribution in [0, 0.1) is 6.92 Å². The molecule has 2 aromatic rings. The molecule has 9 heteroatoms. The zero-order valence-electron chi connectivity index (χ0n) is 15.5. The number of hydrogen-bond acceptors (Lipinski definition) is 9. The Bertz CT molecular complexity index is 823. The van der Waals surface area contributed by atoms with Crippen molar-refractivity contribution in [1.82, 2.24) is 15.3 Å². The van der Waals surface area contributed by atoms with Gasteiger partial charge in [-0.3, -0.25) is 0 Å². The van der Waals surface area contributed by atoms with Crippen molar-refractivity contribution in [3.8, 4) is 11.8 Å². The monoisotopic (exact) mass is 388 g/mol. The van der Waals surface area contributed by atoms with Crippen LogP contribution in [0.15, 0.2) is 29.4 Å². The Morgan fingerprint density at radius 1 is 1.41 bits per heavy atom. The average molecular weight is 388 g/mol. The Labute approximate surface area is 162 Å². The molecule has 144 valence electrons. The SMILES string of the molecule is CNCCOc1nc(C(=NN)c2cc(C)ccc2O)cc(N2CCSC2)n1. The highest BCUT2D eigenvalue weighted by molar-refractivity contribution is 7.99. The molecule has 1 aliphatic heterocycles. The molecule has 0 bridgehead atoms. The van der Waals surface area contributed by atoms with Crippen LogP contribution in [0.2, 0.25) is 0 Å². The van der Waals surface area contributed by atoms with Gasteiger partial charge in [-0.1, -0.05) is 11.6 Å². The summed E-state index contributed by atoms with van der Waals surface area (Å²) >= 11 is 1.84. The molecule has 0 spiro atoms. The van der Waals surface area contributed by atoms with Crippen molar-refractivity contribution < 1.29 is 9.84 Å². The molecule has 0 radical (unpaired) electrons. The lowest BCUT2D eigenvalue weighted by Gasteiger charge is -2.18. The highest BCUT2D eigenvalue weighted by Gasteiger charge is 2.20. The normalized spacial score (nSPS) is 14.6. The number of thioether (sulfide) groups is 1. The van der Waals surface area contributed by atoms with Gasteiger partial charge in [0.1, 0.15) is 29.6 Å². The first-order chi connectivity index (χ1) is 13.1. The number of aryl methyl sites for hydroxylation is 1. The molecule has 1 saturated heterocycles. The van der Waals surface area contributed by atoms with Crippen LogP contribution >= 0.6 is 11.8 Å². The van der Waals surface area contributed by atoms with Gasteiger partial charge < -0.3 is 25.9 Å². The van der Waals surface area contributed by atoms with Crippen molar-refractivity contribution in [2.24, 2.45) is 10.9 Å². The van der Waals surface area contributed by atoms with E-state index in [4.69, 9.17) is 10.6 Å². The van der Waals surface area contributed by atoms with E-state index in [2.05, 4.69) is 25.3 Å². The minimum Gasteiger partial charge on any atom is -0.507 e. The number of ether oxygens (including phenoxy) is 1. The highest BCUT2D eigenvalue weighted by Crippen LogP contribution is 2.27. The summed E-state index contributed by atoms with van der Waals surface area (Å²) in [5, 5.41) is 17.2. The number of hydrogen-bond donors (Lipinski definition) is 3. The van der Waals surface area contributed by atoms with Crippen LogP contribution in [0.1, 0.15) is 16.8 Å². The van der Waals surface area contributed by atoms with E-state index in [0.717, 1.165) is 29.6 Å². The molecular weight excluding hydrogens is 364 g/mol. The number of hydrazone groups is 1. The lowest BCUT2D eigenvalue weighted by atomic mass is 10.0. The molecule has 1 aromatic carbocycles. The number of rotatable bonds is 7. The first-order valence-electron chi connectivity index (χ1n) is 8.69. The van der Waals surface area contributed by atoms with E-state index in [1.807, 2.05) is 43.9 Å². The molecule has 3 rings (SSSR count). The Morgan fingerprint density at radius 3 is 2.96 bits per heavy atom. The second-order valence-corrected chi connectivity index (χ2v) is 7.22. The number of aromatic nitrogens is 2. The molecule has 1 aliphatic rings. The third-order valence-electron chi connectivity index (χ3n) is 4.13. The zero-order valence-corrected chi connectivity index (χ0v) is 16.3. The molecule has 0 amide bonds. The van der Waals surface area contributed by atoms with Crippen molar-refractivity contribution in [1.29, 1.82) is 0 Å². The Balaban J connectivity index is 2.01. The van der Waals surface area contributed by atoms with Crippen LogP contribution in [0.25, 0.3) is 0 Å². The topological polar surface area (TPSA) is 109 Å². The fourth-order valence-electron chi connectivity index (χ4n) is 2.71. The van der Waals surface area contributed by atoms with Gasteiger partial charge in [0.15, 0.2) is 0 Å². The van der Waals surface area contributed by atoms with Crippen LogP contribution in [0.4, 0.5) is 5.82 Å². The van der Waals surface area contributed by atoms with Gasteiger partial charge in [-0.05, 0) is 26.1 Å². The lowest BCUT2D eigenvalue weighted by Crippen LogP contribution is -2.22. The van der Waals surface area contributed by atoms with Crippen molar-refractivity contribution >= 4 is 23.3 Å². The molecule has 8 nitrogen and oxygen atoms in total. The van der Waals surface area contributed by atoms with Crippen molar-refractivity contribution in [3.63, 3.8) is 0 Å². The summed E-state index contributed by atoms with van der Waals surface area (Å²) in [5.41, 5.74) is 2.42. The molecule has 0 atom stereocenters. The third-order valence-corrected chi connectivity index (χ3v) is 5.10. The molecule has 0 saturated carbocycles. The summed E-state index contributed by atoms with van der Waals surface area (Å²) in [5.74, 6) is 8.44. The van der Waals surface area contributed by atoms with E-state index < -0.39 is 0 Å². The summed E-state index contributed by atoms with van der Waals surface area (Å²) in [6.07, 6.45) is 0. The van der Waals surface area contributed by atoms with Crippen LogP contribution in [0.3, 0.4) is 0 Å². The molecule has 0 unspecified atom stereocenters. The number of nitrogens with zero attached hydrogens (tertiary/aromatic N) is 4. The summed E-state index contributed by atoms with van der Waals surface area (Å²) in [7, 11) is 1.85. The van der Waals surface area contributed by atoms with Gasteiger partial charge in [0, 0.05) is 30.5 Å². The number of nitrogens with one attached hydrogen (secondary N) is 1. The Morgan fingerprint density at radius 2 is 2.26 bits per heavy atom. The summed E-state index contributed by atoms with van der Waals surface area (Å²) in [6, 6.07) is 7.38. The summed E-state index contributed by atoms with van der Waals surface area (Å²) < 4.78 is 5.70. The van der Waals surface area contributed by atoms with E-state index in [-0.39, 0.29) is 11.8 Å². The first kappa shape index (κ1) is 19.2. The molecular formula is C18H24N6O2S. The number of likely N-dealkylation sites (N-methyl/N-ethyl adjacent to an activating group) is 1. The Kier molecular flexibility index (Phi) is 6.36. The number of phenols is 1. The van der Waals surface area contributed by atoms with Gasteiger partial charge in [0.2, 0.25) is 0 Å². The molecule has 1 aromatic heterocycles. The number of aromatic hydroxyl groups is 1. The molecule has 2 heterocycles. The van der Waals surface area contributed by atoms with Gasteiger partial charge in [0.05, 0.1) is 5.88 Å². The predicted molar refractivity (Wildman–Crippen MR) is 109 cm³/mol. The van der Waals surface area contributed by atoms with Crippen molar-refractivity contribution in [3.05, 3.63) is 41.1 Å². The number of anilines is 1. The number of phenolic OH excluding ortho intramolecular Hbond substituents is 1. The zero-order chi connectivity index (χ0) is 19.2. The van der Waals surface area contributed by atoms with E-state index in [1.54, 1.807) is 6.07 Å². The maximum absolute atomic E-state index is 10.3. The Hall–Kier alpha value is -2.52. The van der Waals surface area contributed by atoms with Gasteiger partial charge >= 0.3 is 6.01 Å². The highest BCUT2D eigenvalue weighted by atomic mass is 32.2. The second-order valence-electron chi connectivity index (χ2n) is 6.15. The lowest BCUT2D eigenvalue weighted by molar-refractivity contribution is 0.293. The average Bonchev–Trinajstić information content (AvgIpc) is 3.20. The molecule has 1 fully saturated rings. The predicted octanol–water partition coefficient (Wildman–Crippen LogP) is 1.31. The smallest absolute Gasteiger partial charge is 0.319 e. The van der Waals surface area contributed by atoms with Crippen molar-refractivity contribution in [2.75, 3.05) is 43.3 Å². The van der Waals surface area contributed by atoms with Crippen LogP contribution in [0.5, 0.6) is 11.8 Å².